The molecule has 0 unspecified atom stereocenters. The lowest BCUT2D eigenvalue weighted by Crippen LogP contribution is -2.12. The second-order valence-corrected chi connectivity index (χ2v) is 4.96. The van der Waals surface area contributed by atoms with E-state index >= 15 is 0 Å². The van der Waals surface area contributed by atoms with Crippen LogP contribution in [0.2, 0.25) is 5.15 Å². The van der Waals surface area contributed by atoms with Gasteiger partial charge in [0.05, 0.1) is 0 Å². The first-order valence-electron chi connectivity index (χ1n) is 6.07. The van der Waals surface area contributed by atoms with Crippen LogP contribution in [0.1, 0.15) is 24.6 Å². The molecule has 92 valence electrons. The molecule has 3 rings (SSSR count). The van der Waals surface area contributed by atoms with Crippen molar-refractivity contribution in [3.8, 4) is 0 Å². The maximum atomic E-state index is 6.08. The van der Waals surface area contributed by atoms with E-state index in [4.69, 9.17) is 11.6 Å². The predicted octanol–water partition coefficient (Wildman–Crippen LogP) is 3.78. The van der Waals surface area contributed by atoms with Crippen molar-refractivity contribution in [3.05, 3.63) is 47.4 Å². The molecule has 0 atom stereocenters. The molecule has 0 bridgehead atoms. The van der Waals surface area contributed by atoms with E-state index in [2.05, 4.69) is 9.97 Å². The lowest BCUT2D eigenvalue weighted by atomic mass is 10.3. The first-order chi connectivity index (χ1) is 8.74. The van der Waals surface area contributed by atoms with Gasteiger partial charge in [0.15, 0.2) is 0 Å². The van der Waals surface area contributed by atoms with Crippen molar-refractivity contribution in [2.45, 2.75) is 18.8 Å². The van der Waals surface area contributed by atoms with Crippen molar-refractivity contribution in [2.75, 3.05) is 11.9 Å². The molecule has 0 amide bonds. The number of aromatic nitrogens is 2. The Morgan fingerprint density at radius 1 is 1.17 bits per heavy atom. The molecule has 1 aliphatic rings. The van der Waals surface area contributed by atoms with E-state index < -0.39 is 0 Å². The quantitative estimate of drug-likeness (QED) is 0.786. The number of hydrogen-bond acceptors (Lipinski definition) is 3. The number of benzene rings is 1. The molecular weight excluding hydrogens is 246 g/mol. The van der Waals surface area contributed by atoms with Crippen molar-refractivity contribution < 1.29 is 0 Å². The van der Waals surface area contributed by atoms with Crippen molar-refractivity contribution in [1.29, 1.82) is 0 Å². The summed E-state index contributed by atoms with van der Waals surface area (Å²) in [6.45, 7) is 0. The molecule has 18 heavy (non-hydrogen) atoms. The van der Waals surface area contributed by atoms with Gasteiger partial charge in [0.1, 0.15) is 16.8 Å². The summed E-state index contributed by atoms with van der Waals surface area (Å²) in [6, 6.07) is 11.9. The second-order valence-electron chi connectivity index (χ2n) is 4.58. The van der Waals surface area contributed by atoms with Crippen LogP contribution in [0.5, 0.6) is 0 Å². The highest BCUT2D eigenvalue weighted by Crippen LogP contribution is 2.39. The average molecular weight is 260 g/mol. The second kappa shape index (κ2) is 4.58. The number of halogens is 1. The predicted molar refractivity (Wildman–Crippen MR) is 73.5 cm³/mol. The maximum absolute atomic E-state index is 6.08. The largest absolute Gasteiger partial charge is 0.329 e. The first-order valence-corrected chi connectivity index (χ1v) is 6.45. The minimum atomic E-state index is 0.506. The normalized spacial score (nSPS) is 14.6. The molecule has 0 spiro atoms. The van der Waals surface area contributed by atoms with Gasteiger partial charge in [-0.05, 0) is 25.0 Å². The number of rotatable bonds is 3. The molecule has 0 saturated heterocycles. The van der Waals surface area contributed by atoms with Crippen molar-refractivity contribution >= 4 is 23.1 Å². The van der Waals surface area contributed by atoms with E-state index in [0.717, 1.165) is 17.3 Å². The third-order valence-corrected chi connectivity index (χ3v) is 3.32. The van der Waals surface area contributed by atoms with E-state index in [9.17, 15) is 0 Å². The summed E-state index contributed by atoms with van der Waals surface area (Å²) >= 11 is 6.08. The minimum Gasteiger partial charge on any atom is -0.329 e. The van der Waals surface area contributed by atoms with Crippen LogP contribution in [0.25, 0.3) is 0 Å². The van der Waals surface area contributed by atoms with Crippen LogP contribution in [0.3, 0.4) is 0 Å². The first kappa shape index (κ1) is 11.5. The summed E-state index contributed by atoms with van der Waals surface area (Å²) in [7, 11) is 1.99. The Hall–Kier alpha value is -1.61. The minimum absolute atomic E-state index is 0.506. The zero-order chi connectivity index (χ0) is 12.5. The van der Waals surface area contributed by atoms with Crippen molar-refractivity contribution in [1.82, 2.24) is 9.97 Å². The Kier molecular flexibility index (Phi) is 2.92. The molecule has 1 saturated carbocycles. The number of para-hydroxylation sites is 1. The van der Waals surface area contributed by atoms with Gasteiger partial charge in [0.25, 0.3) is 0 Å². The Morgan fingerprint density at radius 3 is 2.56 bits per heavy atom. The molecular formula is C14H14ClN3. The van der Waals surface area contributed by atoms with Crippen LogP contribution in [-0.4, -0.2) is 17.0 Å². The highest BCUT2D eigenvalue weighted by atomic mass is 35.5. The highest BCUT2D eigenvalue weighted by Gasteiger charge is 2.27. The summed E-state index contributed by atoms with van der Waals surface area (Å²) < 4.78 is 0. The van der Waals surface area contributed by atoms with Crippen LogP contribution < -0.4 is 4.90 Å². The molecule has 2 aromatic rings. The molecule has 0 radical (unpaired) electrons. The van der Waals surface area contributed by atoms with E-state index in [1.165, 1.54) is 12.8 Å². The van der Waals surface area contributed by atoms with E-state index in [0.29, 0.717) is 11.1 Å². The topological polar surface area (TPSA) is 29.0 Å². The summed E-state index contributed by atoms with van der Waals surface area (Å²) in [5, 5.41) is 0.518. The SMILES string of the molecule is CN(c1ccccc1)c1cc(Cl)nc(C2CC2)n1. The van der Waals surface area contributed by atoms with E-state index in [1.807, 2.05) is 42.3 Å². The molecule has 3 nitrogen and oxygen atoms in total. The monoisotopic (exact) mass is 259 g/mol. The summed E-state index contributed by atoms with van der Waals surface area (Å²) in [6.07, 6.45) is 2.35. The molecule has 1 aromatic heterocycles. The van der Waals surface area contributed by atoms with Crippen LogP contribution in [-0.2, 0) is 0 Å². The van der Waals surface area contributed by atoms with Crippen molar-refractivity contribution in [3.63, 3.8) is 0 Å². The number of nitrogens with zero attached hydrogens (tertiary/aromatic N) is 3. The Bertz CT molecular complexity index is 552. The Labute approximate surface area is 111 Å². The van der Waals surface area contributed by atoms with Gasteiger partial charge in [-0.3, -0.25) is 0 Å². The molecule has 4 heteroatoms. The standard InChI is InChI=1S/C14H14ClN3/c1-18(11-5-3-2-4-6-11)13-9-12(15)16-14(17-13)10-7-8-10/h2-6,9-10H,7-8H2,1H3. The number of anilines is 2. The molecule has 1 aliphatic carbocycles. The fraction of sp³-hybridized carbons (Fsp3) is 0.286. The number of hydrogen-bond donors (Lipinski definition) is 0. The molecule has 1 heterocycles. The lowest BCUT2D eigenvalue weighted by Gasteiger charge is -2.18. The molecule has 1 aromatic carbocycles. The van der Waals surface area contributed by atoms with Gasteiger partial charge in [0, 0.05) is 24.7 Å². The summed E-state index contributed by atoms with van der Waals surface area (Å²) in [5.74, 6) is 2.23. The molecule has 0 aliphatic heterocycles. The third-order valence-electron chi connectivity index (χ3n) is 3.13. The van der Waals surface area contributed by atoms with Gasteiger partial charge < -0.3 is 4.90 Å². The van der Waals surface area contributed by atoms with Crippen LogP contribution in [0.4, 0.5) is 11.5 Å². The summed E-state index contributed by atoms with van der Waals surface area (Å²) in [5.41, 5.74) is 1.09. The van der Waals surface area contributed by atoms with E-state index in [-0.39, 0.29) is 0 Å². The zero-order valence-corrected chi connectivity index (χ0v) is 10.9. The van der Waals surface area contributed by atoms with Gasteiger partial charge >= 0.3 is 0 Å². The third kappa shape index (κ3) is 2.31. The molecule has 0 N–H and O–H groups in total. The van der Waals surface area contributed by atoms with Crippen molar-refractivity contribution in [2.24, 2.45) is 0 Å². The van der Waals surface area contributed by atoms with Gasteiger partial charge in [-0.1, -0.05) is 29.8 Å². The van der Waals surface area contributed by atoms with Gasteiger partial charge in [-0.2, -0.15) is 0 Å². The van der Waals surface area contributed by atoms with Crippen LogP contribution in [0.15, 0.2) is 36.4 Å². The zero-order valence-electron chi connectivity index (χ0n) is 10.2. The average Bonchev–Trinajstić information content (AvgIpc) is 3.22. The maximum Gasteiger partial charge on any atom is 0.137 e. The summed E-state index contributed by atoms with van der Waals surface area (Å²) in [4.78, 5) is 10.9. The Balaban J connectivity index is 1.96. The van der Waals surface area contributed by atoms with E-state index in [1.54, 1.807) is 6.07 Å². The van der Waals surface area contributed by atoms with Gasteiger partial charge in [-0.15, -0.1) is 0 Å². The van der Waals surface area contributed by atoms with Crippen LogP contribution in [0, 0.1) is 0 Å². The Morgan fingerprint density at radius 2 is 1.89 bits per heavy atom. The smallest absolute Gasteiger partial charge is 0.137 e. The lowest BCUT2D eigenvalue weighted by molar-refractivity contribution is 0.915. The fourth-order valence-electron chi connectivity index (χ4n) is 1.90. The fourth-order valence-corrected chi connectivity index (χ4v) is 2.09. The van der Waals surface area contributed by atoms with Crippen LogP contribution >= 0.6 is 11.6 Å². The van der Waals surface area contributed by atoms with Gasteiger partial charge in [-0.25, -0.2) is 9.97 Å². The highest BCUT2D eigenvalue weighted by molar-refractivity contribution is 6.29. The molecule has 1 fully saturated rings. The van der Waals surface area contributed by atoms with Gasteiger partial charge in [0.2, 0.25) is 0 Å².